The van der Waals surface area contributed by atoms with E-state index in [-0.39, 0.29) is 11.3 Å². The number of aryl methyl sites for hydroxylation is 1. The molecular formula is C13H15F2N3O. The maximum absolute atomic E-state index is 13.6. The van der Waals surface area contributed by atoms with Crippen molar-refractivity contribution in [2.75, 3.05) is 12.8 Å². The standard InChI is InChI=1S/C13H15F2N3O/c1-13(14,15)9-6-8(4-5-11(9)19-3)10-7-12(16)18(2)17-10/h4-7H,16H2,1-3H3. The average Bonchev–Trinajstić information content (AvgIpc) is 2.68. The van der Waals surface area contributed by atoms with Gasteiger partial charge in [0.25, 0.3) is 5.92 Å². The highest BCUT2D eigenvalue weighted by molar-refractivity contribution is 5.65. The maximum Gasteiger partial charge on any atom is 0.274 e. The van der Waals surface area contributed by atoms with Crippen LogP contribution >= 0.6 is 0 Å². The van der Waals surface area contributed by atoms with Crippen molar-refractivity contribution in [3.63, 3.8) is 0 Å². The molecule has 0 aliphatic rings. The van der Waals surface area contributed by atoms with Crippen molar-refractivity contribution in [3.8, 4) is 17.0 Å². The number of benzene rings is 1. The molecule has 0 aliphatic carbocycles. The molecule has 0 radical (unpaired) electrons. The van der Waals surface area contributed by atoms with E-state index in [1.165, 1.54) is 23.9 Å². The molecule has 2 aromatic rings. The molecule has 0 saturated carbocycles. The molecule has 0 amide bonds. The van der Waals surface area contributed by atoms with Crippen molar-refractivity contribution in [2.24, 2.45) is 7.05 Å². The van der Waals surface area contributed by atoms with Gasteiger partial charge in [0.1, 0.15) is 11.6 Å². The summed E-state index contributed by atoms with van der Waals surface area (Å²) in [4.78, 5) is 0. The summed E-state index contributed by atoms with van der Waals surface area (Å²) in [6.45, 7) is 0.835. The maximum atomic E-state index is 13.6. The van der Waals surface area contributed by atoms with E-state index in [1.807, 2.05) is 0 Å². The van der Waals surface area contributed by atoms with Crippen LogP contribution in [0.2, 0.25) is 0 Å². The van der Waals surface area contributed by atoms with Gasteiger partial charge in [-0.15, -0.1) is 0 Å². The monoisotopic (exact) mass is 267 g/mol. The van der Waals surface area contributed by atoms with E-state index in [1.54, 1.807) is 19.2 Å². The third kappa shape index (κ3) is 2.52. The fraction of sp³-hybridized carbons (Fsp3) is 0.308. The number of nitrogens with two attached hydrogens (primary N) is 1. The lowest BCUT2D eigenvalue weighted by Crippen LogP contribution is -2.09. The molecule has 0 saturated heterocycles. The lowest BCUT2D eigenvalue weighted by Gasteiger charge is -2.15. The van der Waals surface area contributed by atoms with Crippen LogP contribution in [0.4, 0.5) is 14.6 Å². The summed E-state index contributed by atoms with van der Waals surface area (Å²) < 4.78 is 33.6. The molecule has 6 heteroatoms. The Labute approximate surface area is 109 Å². The largest absolute Gasteiger partial charge is 0.496 e. The summed E-state index contributed by atoms with van der Waals surface area (Å²) in [5.74, 6) is -2.36. The zero-order valence-corrected chi connectivity index (χ0v) is 10.9. The molecule has 1 heterocycles. The molecule has 0 bridgehead atoms. The number of halogens is 2. The van der Waals surface area contributed by atoms with Gasteiger partial charge < -0.3 is 10.5 Å². The molecule has 0 spiro atoms. The van der Waals surface area contributed by atoms with Gasteiger partial charge in [-0.3, -0.25) is 4.68 Å². The van der Waals surface area contributed by atoms with Gasteiger partial charge in [0.15, 0.2) is 0 Å². The average molecular weight is 267 g/mol. The lowest BCUT2D eigenvalue weighted by molar-refractivity contribution is 0.0151. The number of rotatable bonds is 3. The molecule has 0 aliphatic heterocycles. The summed E-state index contributed by atoms with van der Waals surface area (Å²) in [5.41, 5.74) is 6.64. The third-order valence-electron chi connectivity index (χ3n) is 2.88. The highest BCUT2D eigenvalue weighted by Gasteiger charge is 2.29. The van der Waals surface area contributed by atoms with Gasteiger partial charge in [-0.25, -0.2) is 8.78 Å². The highest BCUT2D eigenvalue weighted by atomic mass is 19.3. The Hall–Kier alpha value is -2.11. The van der Waals surface area contributed by atoms with Crippen molar-refractivity contribution in [3.05, 3.63) is 29.8 Å². The van der Waals surface area contributed by atoms with Crippen LogP contribution in [0.5, 0.6) is 5.75 Å². The van der Waals surface area contributed by atoms with E-state index >= 15 is 0 Å². The summed E-state index contributed by atoms with van der Waals surface area (Å²) >= 11 is 0. The van der Waals surface area contributed by atoms with Crippen molar-refractivity contribution in [1.29, 1.82) is 0 Å². The van der Waals surface area contributed by atoms with E-state index in [0.717, 1.165) is 6.92 Å². The number of aromatic nitrogens is 2. The Morgan fingerprint density at radius 3 is 2.47 bits per heavy atom. The van der Waals surface area contributed by atoms with Crippen molar-refractivity contribution in [1.82, 2.24) is 9.78 Å². The molecule has 0 fully saturated rings. The zero-order valence-electron chi connectivity index (χ0n) is 10.9. The van der Waals surface area contributed by atoms with Crippen LogP contribution in [-0.4, -0.2) is 16.9 Å². The van der Waals surface area contributed by atoms with E-state index in [0.29, 0.717) is 17.1 Å². The molecule has 4 nitrogen and oxygen atoms in total. The first-order valence-corrected chi connectivity index (χ1v) is 5.69. The van der Waals surface area contributed by atoms with Gasteiger partial charge in [-0.1, -0.05) is 0 Å². The molecule has 2 N–H and O–H groups in total. The second-order valence-electron chi connectivity index (χ2n) is 4.38. The van der Waals surface area contributed by atoms with Gasteiger partial charge in [-0.05, 0) is 18.2 Å². The van der Waals surface area contributed by atoms with Crippen LogP contribution < -0.4 is 10.5 Å². The summed E-state index contributed by atoms with van der Waals surface area (Å²) in [7, 11) is 3.06. The number of methoxy groups -OCH3 is 1. The number of nitrogens with zero attached hydrogens (tertiary/aromatic N) is 2. The molecule has 1 aromatic carbocycles. The summed E-state index contributed by atoms with van der Waals surface area (Å²) in [6.07, 6.45) is 0. The first kappa shape index (κ1) is 13.3. The van der Waals surface area contributed by atoms with Crippen molar-refractivity contribution >= 4 is 5.82 Å². The summed E-state index contributed by atoms with van der Waals surface area (Å²) in [5, 5.41) is 4.17. The Morgan fingerprint density at radius 1 is 1.32 bits per heavy atom. The quantitative estimate of drug-likeness (QED) is 0.930. The topological polar surface area (TPSA) is 53.1 Å². The van der Waals surface area contributed by atoms with Crippen molar-refractivity contribution < 1.29 is 13.5 Å². The number of hydrogen-bond donors (Lipinski definition) is 1. The van der Waals surface area contributed by atoms with E-state index < -0.39 is 5.92 Å². The normalized spacial score (nSPS) is 11.6. The smallest absolute Gasteiger partial charge is 0.274 e. The predicted octanol–water partition coefficient (Wildman–Crippen LogP) is 2.79. The Balaban J connectivity index is 2.55. The van der Waals surface area contributed by atoms with Gasteiger partial charge in [0.2, 0.25) is 0 Å². The van der Waals surface area contributed by atoms with Crippen LogP contribution in [0.25, 0.3) is 11.3 Å². The lowest BCUT2D eigenvalue weighted by atomic mass is 10.0. The zero-order chi connectivity index (χ0) is 14.2. The van der Waals surface area contributed by atoms with Gasteiger partial charge in [0, 0.05) is 25.6 Å². The highest BCUT2D eigenvalue weighted by Crippen LogP contribution is 2.37. The van der Waals surface area contributed by atoms with Gasteiger partial charge in [-0.2, -0.15) is 5.10 Å². The van der Waals surface area contributed by atoms with Crippen molar-refractivity contribution in [2.45, 2.75) is 12.8 Å². The molecule has 19 heavy (non-hydrogen) atoms. The Kier molecular flexibility index (Phi) is 3.18. The number of nitrogen functional groups attached to an aromatic ring is 1. The summed E-state index contributed by atoms with van der Waals surface area (Å²) in [6, 6.07) is 6.20. The fourth-order valence-electron chi connectivity index (χ4n) is 1.83. The van der Waals surface area contributed by atoms with E-state index in [2.05, 4.69) is 5.10 Å². The number of ether oxygens (including phenoxy) is 1. The minimum atomic E-state index is -2.98. The van der Waals surface area contributed by atoms with Crippen LogP contribution in [0, 0.1) is 0 Å². The Morgan fingerprint density at radius 2 is 2.00 bits per heavy atom. The van der Waals surface area contributed by atoms with E-state index in [9.17, 15) is 8.78 Å². The molecule has 102 valence electrons. The van der Waals surface area contributed by atoms with Crippen LogP contribution in [-0.2, 0) is 13.0 Å². The first-order valence-electron chi connectivity index (χ1n) is 5.69. The molecule has 0 atom stereocenters. The second-order valence-corrected chi connectivity index (χ2v) is 4.38. The number of anilines is 1. The molecule has 0 unspecified atom stereocenters. The van der Waals surface area contributed by atoms with E-state index in [4.69, 9.17) is 10.5 Å². The molecule has 2 rings (SSSR count). The Bertz CT molecular complexity index is 583. The fourth-order valence-corrected chi connectivity index (χ4v) is 1.83. The van der Waals surface area contributed by atoms with Gasteiger partial charge >= 0.3 is 0 Å². The first-order chi connectivity index (χ1) is 8.82. The molecular weight excluding hydrogens is 252 g/mol. The number of alkyl halides is 2. The second kappa shape index (κ2) is 4.53. The third-order valence-corrected chi connectivity index (χ3v) is 2.88. The minimum absolute atomic E-state index is 0.153. The SMILES string of the molecule is COc1ccc(-c2cc(N)n(C)n2)cc1C(C)(F)F. The minimum Gasteiger partial charge on any atom is -0.496 e. The molecule has 1 aromatic heterocycles. The van der Waals surface area contributed by atoms with Crippen LogP contribution in [0.1, 0.15) is 12.5 Å². The van der Waals surface area contributed by atoms with Crippen LogP contribution in [0.3, 0.4) is 0 Å². The van der Waals surface area contributed by atoms with Crippen LogP contribution in [0.15, 0.2) is 24.3 Å². The number of hydrogen-bond acceptors (Lipinski definition) is 3. The van der Waals surface area contributed by atoms with Gasteiger partial charge in [0.05, 0.1) is 18.4 Å². The predicted molar refractivity (Wildman–Crippen MR) is 69.2 cm³/mol.